The number of aromatic hydroxyl groups is 1. The minimum absolute atomic E-state index is 0. The molecule has 2 aromatic carbocycles. The van der Waals surface area contributed by atoms with Crippen LogP contribution >= 0.6 is 0 Å². The summed E-state index contributed by atoms with van der Waals surface area (Å²) < 4.78 is 6.00. The number of aliphatic imine (C=N–C) groups is 1. The summed E-state index contributed by atoms with van der Waals surface area (Å²) in [6, 6.07) is 19.2. The van der Waals surface area contributed by atoms with Crippen LogP contribution in [-0.2, 0) is 21.1 Å². The van der Waals surface area contributed by atoms with Crippen LogP contribution < -0.4 is 4.74 Å². The Kier molecular flexibility index (Phi) is 6.62. The van der Waals surface area contributed by atoms with E-state index in [1.165, 1.54) is 32.1 Å². The third kappa shape index (κ3) is 4.62. The smallest absolute Gasteiger partial charge is 0.217 e. The minimum atomic E-state index is 0. The largest absolute Gasteiger partial charge is 0.506 e. The first-order chi connectivity index (χ1) is 14.7. The van der Waals surface area contributed by atoms with E-state index < -0.39 is 0 Å². The van der Waals surface area contributed by atoms with Crippen molar-refractivity contribution in [2.45, 2.75) is 51.1 Å². The van der Waals surface area contributed by atoms with Crippen LogP contribution in [0.1, 0.15) is 44.6 Å². The molecule has 1 atom stereocenters. The number of para-hydroxylation sites is 1. The number of aromatic nitrogens is 1. The van der Waals surface area contributed by atoms with Gasteiger partial charge in [0.15, 0.2) is 0 Å². The van der Waals surface area contributed by atoms with Crippen molar-refractivity contribution in [3.8, 4) is 17.4 Å². The van der Waals surface area contributed by atoms with E-state index in [-0.39, 0.29) is 26.8 Å². The molecule has 164 valence electrons. The molecule has 0 spiro atoms. The van der Waals surface area contributed by atoms with Gasteiger partial charge in [0, 0.05) is 56.7 Å². The summed E-state index contributed by atoms with van der Waals surface area (Å²) in [7, 11) is 0. The van der Waals surface area contributed by atoms with Crippen molar-refractivity contribution in [2.24, 2.45) is 4.99 Å². The van der Waals surface area contributed by atoms with E-state index in [0.29, 0.717) is 29.2 Å². The van der Waals surface area contributed by atoms with Crippen LogP contribution in [0.3, 0.4) is 0 Å². The van der Waals surface area contributed by atoms with E-state index in [2.05, 4.69) is 28.9 Å². The topological polar surface area (TPSA) is 58.0 Å². The molecule has 0 saturated heterocycles. The molecule has 1 N–H and O–H groups in total. The van der Waals surface area contributed by atoms with Crippen LogP contribution in [0.5, 0.6) is 17.4 Å². The summed E-state index contributed by atoms with van der Waals surface area (Å²) in [6.07, 6.45) is 6.43. The van der Waals surface area contributed by atoms with Gasteiger partial charge in [0.25, 0.3) is 0 Å². The molecule has 3 aromatic rings. The number of nitrogens with zero attached hydrogens (tertiary/aromatic N) is 3. The molecule has 0 unspecified atom stereocenters. The quantitative estimate of drug-likeness (QED) is 0.416. The minimum Gasteiger partial charge on any atom is -0.506 e. The Bertz CT molecular complexity index is 1100. The van der Waals surface area contributed by atoms with Gasteiger partial charge in [-0.05, 0) is 31.9 Å². The predicted molar refractivity (Wildman–Crippen MR) is 118 cm³/mol. The summed E-state index contributed by atoms with van der Waals surface area (Å²) in [6.45, 7) is 3.15. The monoisotopic (exact) mass is 595 g/mol. The Morgan fingerprint density at radius 3 is 2.68 bits per heavy atom. The molecule has 2 heterocycles. The van der Waals surface area contributed by atoms with Gasteiger partial charge >= 0.3 is 0 Å². The van der Waals surface area contributed by atoms with Crippen molar-refractivity contribution in [3.63, 3.8) is 0 Å². The summed E-state index contributed by atoms with van der Waals surface area (Å²) >= 11 is 0. The molecule has 1 saturated carbocycles. The average Bonchev–Trinajstić information content (AvgIpc) is 3.17. The molecule has 0 amide bonds. The molecule has 1 aliphatic carbocycles. The Labute approximate surface area is 197 Å². The summed E-state index contributed by atoms with van der Waals surface area (Å²) in [4.78, 5) is 11.9. The van der Waals surface area contributed by atoms with Gasteiger partial charge in [0.2, 0.25) is 5.88 Å². The number of ether oxygens (including phenoxy) is 1. The molecular formula is C25H26N3O2Pt-. The fourth-order valence-electron chi connectivity index (χ4n) is 4.55. The predicted octanol–water partition coefficient (Wildman–Crippen LogP) is 5.31. The van der Waals surface area contributed by atoms with Gasteiger partial charge in [-0.1, -0.05) is 37.5 Å². The molecule has 0 bridgehead atoms. The first kappa shape index (κ1) is 21.8. The molecule has 1 fully saturated rings. The number of hydrogen-bond acceptors (Lipinski definition) is 5. The number of rotatable bonds is 4. The maximum absolute atomic E-state index is 10.1. The third-order valence-corrected chi connectivity index (χ3v) is 5.99. The number of benzene rings is 2. The van der Waals surface area contributed by atoms with Crippen LogP contribution in [-0.4, -0.2) is 39.5 Å². The zero-order valence-corrected chi connectivity index (χ0v) is 19.8. The van der Waals surface area contributed by atoms with Gasteiger partial charge in [-0.15, -0.1) is 23.8 Å². The first-order valence-electron chi connectivity index (χ1n) is 10.8. The van der Waals surface area contributed by atoms with Crippen molar-refractivity contribution in [1.82, 2.24) is 9.88 Å². The number of pyridine rings is 1. The number of phenols is 1. The molecule has 5 nitrogen and oxygen atoms in total. The maximum Gasteiger partial charge on any atom is 0.217 e. The molecule has 1 aromatic heterocycles. The van der Waals surface area contributed by atoms with Crippen LogP contribution in [0.2, 0.25) is 0 Å². The van der Waals surface area contributed by atoms with Crippen LogP contribution in [0.25, 0.3) is 10.9 Å². The second-order valence-corrected chi connectivity index (χ2v) is 8.28. The van der Waals surface area contributed by atoms with Crippen molar-refractivity contribution >= 4 is 16.7 Å². The van der Waals surface area contributed by atoms with E-state index in [4.69, 9.17) is 9.73 Å². The average molecular weight is 596 g/mol. The molecule has 0 radical (unpaired) electrons. The van der Waals surface area contributed by atoms with Gasteiger partial charge in [0.1, 0.15) is 11.3 Å². The van der Waals surface area contributed by atoms with E-state index in [1.807, 2.05) is 30.3 Å². The molecule has 6 heteroatoms. The van der Waals surface area contributed by atoms with Crippen LogP contribution in [0, 0.1) is 6.07 Å². The molecule has 2 aliphatic rings. The summed E-state index contributed by atoms with van der Waals surface area (Å²) in [5.74, 6) is 2.21. The van der Waals surface area contributed by atoms with Crippen molar-refractivity contribution in [2.75, 3.05) is 6.54 Å². The van der Waals surface area contributed by atoms with Crippen LogP contribution in [0.4, 0.5) is 0 Å². The van der Waals surface area contributed by atoms with Crippen LogP contribution in [0.15, 0.2) is 53.5 Å². The number of hydrogen-bond donors (Lipinski definition) is 1. The first-order valence-corrected chi connectivity index (χ1v) is 10.8. The number of fused-ring (bicyclic) bond motifs is 1. The van der Waals surface area contributed by atoms with Crippen molar-refractivity contribution < 1.29 is 30.9 Å². The van der Waals surface area contributed by atoms with Crippen molar-refractivity contribution in [3.05, 3.63) is 60.2 Å². The van der Waals surface area contributed by atoms with E-state index >= 15 is 0 Å². The number of phenolic OH excluding ortho intramolecular Hbond substituents is 1. The van der Waals surface area contributed by atoms with E-state index in [0.717, 1.165) is 23.3 Å². The normalized spacial score (nSPS) is 19.2. The Balaban J connectivity index is 0.00000231. The second kappa shape index (κ2) is 9.40. The summed E-state index contributed by atoms with van der Waals surface area (Å²) in [5.41, 5.74) is 1.50. The Morgan fingerprint density at radius 1 is 1.03 bits per heavy atom. The van der Waals surface area contributed by atoms with Gasteiger partial charge in [-0.3, -0.25) is 0 Å². The molecular weight excluding hydrogens is 569 g/mol. The Morgan fingerprint density at radius 2 is 1.84 bits per heavy atom. The van der Waals surface area contributed by atoms with Gasteiger partial charge in [-0.2, -0.15) is 0 Å². The number of amidine groups is 1. The fraction of sp³-hybridized carbons (Fsp3) is 0.360. The van der Waals surface area contributed by atoms with E-state index in [9.17, 15) is 5.11 Å². The zero-order valence-electron chi connectivity index (χ0n) is 17.5. The van der Waals surface area contributed by atoms with E-state index in [1.54, 1.807) is 12.1 Å². The molecule has 31 heavy (non-hydrogen) atoms. The molecule has 5 rings (SSSR count). The zero-order chi connectivity index (χ0) is 20.5. The maximum atomic E-state index is 10.1. The summed E-state index contributed by atoms with van der Waals surface area (Å²) in [5, 5.41) is 11.0. The Hall–Kier alpha value is -2.39. The standard InChI is InChI=1S/C25H26N3O2.Pt/c1-17-16-28(20-9-3-2-4-10-20)25(26-17)19-8-5-11-21(15-19)30-23-14-13-18-7-6-12-22(29)24(18)27-23;/h5-8,11-14,17,20,29H,2-4,9-10,16H2,1H3;/q-1;/t17-;/m0./s1. The molecule has 1 aliphatic heterocycles. The van der Waals surface area contributed by atoms with Gasteiger partial charge < -0.3 is 19.7 Å². The third-order valence-electron chi connectivity index (χ3n) is 5.99. The van der Waals surface area contributed by atoms with Gasteiger partial charge in [0.05, 0.1) is 6.04 Å². The van der Waals surface area contributed by atoms with Gasteiger partial charge in [-0.25, -0.2) is 4.98 Å². The fourth-order valence-corrected chi connectivity index (χ4v) is 4.55. The SMILES string of the molecule is C[C@H]1CN(C2CCCCC2)C(c2[c-]c(Oc3ccc4cccc(O)c4n3)ccc2)=N1.[Pt]. The second-order valence-electron chi connectivity index (χ2n) is 8.28. The van der Waals surface area contributed by atoms with Crippen molar-refractivity contribution in [1.29, 1.82) is 0 Å².